The number of aromatic amines is 1. The van der Waals surface area contributed by atoms with Gasteiger partial charge in [0.25, 0.3) is 0 Å². The summed E-state index contributed by atoms with van der Waals surface area (Å²) in [7, 11) is 0. The Morgan fingerprint density at radius 3 is 2.64 bits per heavy atom. The molecule has 33 heavy (non-hydrogen) atoms. The van der Waals surface area contributed by atoms with Crippen LogP contribution >= 0.6 is 0 Å². The van der Waals surface area contributed by atoms with Crippen LogP contribution in [0.5, 0.6) is 0 Å². The summed E-state index contributed by atoms with van der Waals surface area (Å²) >= 11 is 0. The molecule has 1 atom stereocenters. The lowest BCUT2D eigenvalue weighted by Gasteiger charge is -2.40. The van der Waals surface area contributed by atoms with Crippen molar-refractivity contribution < 1.29 is 9.18 Å². The minimum Gasteiger partial charge on any atom is -0.346 e. The zero-order valence-corrected chi connectivity index (χ0v) is 18.7. The molecule has 4 aliphatic rings. The summed E-state index contributed by atoms with van der Waals surface area (Å²) in [5.74, 6) is 0.491. The number of anilines is 1. The molecule has 0 saturated heterocycles. The van der Waals surface area contributed by atoms with E-state index < -0.39 is 6.04 Å². The molecule has 0 bridgehead atoms. The molecule has 1 spiro atoms. The summed E-state index contributed by atoms with van der Waals surface area (Å²) in [6.07, 6.45) is 3.89. The summed E-state index contributed by atoms with van der Waals surface area (Å²) in [5.41, 5.74) is 6.72. The van der Waals surface area contributed by atoms with Gasteiger partial charge in [0.1, 0.15) is 17.7 Å². The molecule has 2 N–H and O–H groups in total. The number of benzene rings is 2. The van der Waals surface area contributed by atoms with Crippen molar-refractivity contribution in [1.82, 2.24) is 14.9 Å². The van der Waals surface area contributed by atoms with E-state index in [4.69, 9.17) is 4.98 Å². The molecule has 6 rings (SSSR count). The van der Waals surface area contributed by atoms with Gasteiger partial charge >= 0.3 is 6.03 Å². The van der Waals surface area contributed by atoms with Crippen LogP contribution in [0.2, 0.25) is 0 Å². The van der Waals surface area contributed by atoms with Crippen LogP contribution in [0.15, 0.2) is 60.8 Å². The number of fused-ring (bicyclic) bond motifs is 4. The molecule has 1 aliphatic carbocycles. The van der Waals surface area contributed by atoms with Gasteiger partial charge in [0.2, 0.25) is 0 Å². The fourth-order valence-electron chi connectivity index (χ4n) is 5.44. The molecule has 2 aromatic rings. The van der Waals surface area contributed by atoms with E-state index in [0.717, 1.165) is 52.3 Å². The largest absolute Gasteiger partial charge is 0.346 e. The first kappa shape index (κ1) is 20.0. The van der Waals surface area contributed by atoms with Gasteiger partial charge in [0.15, 0.2) is 0 Å². The lowest BCUT2D eigenvalue weighted by molar-refractivity contribution is 0.181. The number of aromatic nitrogens is 2. The molecular weight excluding hydrogens is 415 g/mol. The van der Waals surface area contributed by atoms with Gasteiger partial charge < -0.3 is 15.2 Å². The number of rotatable bonds is 2. The second-order valence-electron chi connectivity index (χ2n) is 9.48. The minimum atomic E-state index is -0.464. The molecule has 6 heteroatoms. The highest BCUT2D eigenvalue weighted by atomic mass is 19.1. The number of H-pyrrole nitrogens is 1. The number of halogens is 1. The molecule has 2 amide bonds. The fraction of sp³-hybridized carbons (Fsp3) is 0.259. The second kappa shape index (κ2) is 7.17. The zero-order chi connectivity index (χ0) is 22.7. The van der Waals surface area contributed by atoms with Crippen LogP contribution in [-0.2, 0) is 5.41 Å². The van der Waals surface area contributed by atoms with Crippen molar-refractivity contribution in [3.63, 3.8) is 0 Å². The van der Waals surface area contributed by atoms with Crippen LogP contribution in [0.4, 0.5) is 14.9 Å². The molecule has 166 valence electrons. The van der Waals surface area contributed by atoms with E-state index in [9.17, 15) is 9.18 Å². The summed E-state index contributed by atoms with van der Waals surface area (Å²) in [5, 5.41) is 3.10. The predicted molar refractivity (Wildman–Crippen MR) is 126 cm³/mol. The van der Waals surface area contributed by atoms with Crippen LogP contribution in [0.25, 0.3) is 11.4 Å². The molecule has 3 aliphatic heterocycles. The number of carbonyl (C=O) groups is 1. The molecule has 1 unspecified atom stereocenters. The van der Waals surface area contributed by atoms with Crippen molar-refractivity contribution in [3.8, 4) is 11.4 Å². The number of aryl methyl sites for hydroxylation is 2. The maximum absolute atomic E-state index is 14.3. The Kier molecular flexibility index (Phi) is 4.34. The van der Waals surface area contributed by atoms with Crippen LogP contribution in [-0.4, -0.2) is 27.4 Å². The first-order valence-corrected chi connectivity index (χ1v) is 11.3. The van der Waals surface area contributed by atoms with Gasteiger partial charge in [-0.3, -0.25) is 0 Å². The first-order chi connectivity index (χ1) is 15.9. The lowest BCUT2D eigenvalue weighted by Crippen LogP contribution is -2.47. The van der Waals surface area contributed by atoms with E-state index in [-0.39, 0.29) is 17.3 Å². The predicted octanol–water partition coefficient (Wildman–Crippen LogP) is 5.94. The number of pyridine rings is 1. The number of hydrogen-bond donors (Lipinski definition) is 2. The van der Waals surface area contributed by atoms with E-state index in [1.165, 1.54) is 17.7 Å². The topological polar surface area (TPSA) is 61.0 Å². The Labute approximate surface area is 192 Å². The number of amides is 2. The average Bonchev–Trinajstić information content (AvgIpc) is 3.41. The SMILES string of the molecule is Cc1cc(C)cc(NC(=O)N2CC3(CC3)c3c4ccc[nH]c-4nc3C2c2cccc(F)c2)c1. The summed E-state index contributed by atoms with van der Waals surface area (Å²) in [6.45, 7) is 4.61. The second-order valence-corrected chi connectivity index (χ2v) is 9.48. The van der Waals surface area contributed by atoms with Crippen molar-refractivity contribution in [3.05, 3.63) is 94.6 Å². The van der Waals surface area contributed by atoms with Crippen LogP contribution in [0.1, 0.15) is 46.8 Å². The highest BCUT2D eigenvalue weighted by Gasteiger charge is 2.56. The molecular formula is C27H25FN4O. The van der Waals surface area contributed by atoms with Crippen molar-refractivity contribution in [1.29, 1.82) is 0 Å². The highest BCUT2D eigenvalue weighted by molar-refractivity contribution is 5.91. The summed E-state index contributed by atoms with van der Waals surface area (Å²) < 4.78 is 14.3. The van der Waals surface area contributed by atoms with Crippen LogP contribution in [0.3, 0.4) is 0 Å². The number of hydrogen-bond acceptors (Lipinski definition) is 2. The number of nitrogens with zero attached hydrogens (tertiary/aromatic N) is 2. The monoisotopic (exact) mass is 440 g/mol. The van der Waals surface area contributed by atoms with Crippen molar-refractivity contribution in [2.75, 3.05) is 11.9 Å². The maximum Gasteiger partial charge on any atom is 0.322 e. The zero-order valence-electron chi connectivity index (χ0n) is 18.7. The van der Waals surface area contributed by atoms with Crippen molar-refractivity contribution in [2.45, 2.75) is 38.1 Å². The fourth-order valence-corrected chi connectivity index (χ4v) is 5.44. The third-order valence-electron chi connectivity index (χ3n) is 6.92. The number of nitrogens with one attached hydrogen (secondary N) is 2. The summed E-state index contributed by atoms with van der Waals surface area (Å²) in [6, 6.07) is 15.9. The van der Waals surface area contributed by atoms with Gasteiger partial charge in [-0.25, -0.2) is 14.2 Å². The van der Waals surface area contributed by atoms with Gasteiger partial charge in [-0.05, 0) is 85.3 Å². The quantitative estimate of drug-likeness (QED) is 0.405. The third kappa shape index (κ3) is 3.28. The van der Waals surface area contributed by atoms with Crippen LogP contribution in [0, 0.1) is 19.7 Å². The Bertz CT molecular complexity index is 1340. The third-order valence-corrected chi connectivity index (χ3v) is 6.92. The van der Waals surface area contributed by atoms with Gasteiger partial charge in [-0.2, -0.15) is 0 Å². The van der Waals surface area contributed by atoms with E-state index in [1.807, 2.05) is 49.2 Å². The molecule has 0 aromatic heterocycles. The Morgan fingerprint density at radius 2 is 1.91 bits per heavy atom. The van der Waals surface area contributed by atoms with Gasteiger partial charge in [0, 0.05) is 29.4 Å². The number of carbonyl (C=O) groups excluding carboxylic acids is 1. The van der Waals surface area contributed by atoms with E-state index in [1.54, 1.807) is 6.07 Å². The highest BCUT2D eigenvalue weighted by Crippen LogP contribution is 2.58. The van der Waals surface area contributed by atoms with Crippen molar-refractivity contribution >= 4 is 11.7 Å². The Hall–Kier alpha value is -3.67. The van der Waals surface area contributed by atoms with Gasteiger partial charge in [0.05, 0.1) is 5.69 Å². The average molecular weight is 441 g/mol. The number of urea groups is 1. The standard InChI is InChI=1S/C27H25FN4O/c1-16-11-17(2)13-20(12-16)30-26(33)32-15-27(8-9-27)22-21-7-4-10-29-25(21)31-23(22)24(32)18-5-3-6-19(28)14-18/h3-7,10-14,24H,8-9,15H2,1-2H3,(H,29,31)(H,30,33). The van der Waals surface area contributed by atoms with Gasteiger partial charge in [-0.1, -0.05) is 18.2 Å². The molecule has 1 fully saturated rings. The maximum atomic E-state index is 14.3. The Morgan fingerprint density at radius 1 is 1.12 bits per heavy atom. The molecule has 5 nitrogen and oxygen atoms in total. The Balaban J connectivity index is 1.49. The van der Waals surface area contributed by atoms with Crippen LogP contribution < -0.4 is 5.32 Å². The normalized spacial score (nSPS) is 18.4. The molecule has 2 aromatic carbocycles. The minimum absolute atomic E-state index is 0.0943. The molecule has 1 saturated carbocycles. The van der Waals surface area contributed by atoms with E-state index in [0.29, 0.717) is 6.54 Å². The molecule has 3 heterocycles. The molecule has 0 radical (unpaired) electrons. The van der Waals surface area contributed by atoms with Crippen molar-refractivity contribution in [2.24, 2.45) is 0 Å². The first-order valence-electron chi connectivity index (χ1n) is 11.3. The smallest absolute Gasteiger partial charge is 0.322 e. The lowest BCUT2D eigenvalue weighted by atomic mass is 9.83. The van der Waals surface area contributed by atoms with Gasteiger partial charge in [-0.15, -0.1) is 0 Å². The van der Waals surface area contributed by atoms with E-state index in [2.05, 4.69) is 22.4 Å². The van der Waals surface area contributed by atoms with E-state index >= 15 is 0 Å². The summed E-state index contributed by atoms with van der Waals surface area (Å²) in [4.78, 5) is 23.7.